The maximum atomic E-state index is 4.92. The minimum Gasteiger partial charge on any atom is -0.258 e. The standard InChI is InChI=1S/C36H38N4/c1-23(2)20-25-12-11-13-26(21-24(3)4)33(25)35-39-38-34(40(35)32-16-9-10-19-37-32)27-17-18-29-28-14-7-8-15-30(28)36(5,6)31(29)22-27/h7-19,22-24H,20-21H2,1-6H3. The van der Waals surface area contributed by atoms with Crippen molar-refractivity contribution in [2.45, 2.75) is 59.8 Å². The van der Waals surface area contributed by atoms with Crippen LogP contribution in [0.5, 0.6) is 0 Å². The summed E-state index contributed by atoms with van der Waals surface area (Å²) in [4.78, 5) is 4.79. The van der Waals surface area contributed by atoms with Crippen LogP contribution in [-0.2, 0) is 18.3 Å². The monoisotopic (exact) mass is 526 g/mol. The minimum atomic E-state index is -0.0884. The summed E-state index contributed by atoms with van der Waals surface area (Å²) in [6.07, 6.45) is 3.81. The second-order valence-electron chi connectivity index (χ2n) is 12.4. The fraction of sp³-hybridized carbons (Fsp3) is 0.306. The lowest BCUT2D eigenvalue weighted by Gasteiger charge is -2.22. The molecule has 1 aliphatic rings. The van der Waals surface area contributed by atoms with Gasteiger partial charge in [-0.25, -0.2) is 4.98 Å². The van der Waals surface area contributed by atoms with Crippen molar-refractivity contribution >= 4 is 0 Å². The topological polar surface area (TPSA) is 43.6 Å². The van der Waals surface area contributed by atoms with Crippen LogP contribution in [0.25, 0.3) is 39.7 Å². The third kappa shape index (κ3) is 4.46. The van der Waals surface area contributed by atoms with E-state index in [-0.39, 0.29) is 5.41 Å². The average Bonchev–Trinajstić information content (AvgIpc) is 3.46. The van der Waals surface area contributed by atoms with Crippen molar-refractivity contribution in [1.82, 2.24) is 19.7 Å². The molecule has 0 saturated heterocycles. The van der Waals surface area contributed by atoms with Crippen LogP contribution < -0.4 is 0 Å². The minimum absolute atomic E-state index is 0.0884. The van der Waals surface area contributed by atoms with Crippen molar-refractivity contribution in [3.05, 3.63) is 107 Å². The van der Waals surface area contributed by atoms with Crippen molar-refractivity contribution in [2.24, 2.45) is 11.8 Å². The van der Waals surface area contributed by atoms with Gasteiger partial charge in [-0.2, -0.15) is 0 Å². The number of rotatable bonds is 7. The van der Waals surface area contributed by atoms with Gasteiger partial charge in [0.05, 0.1) is 0 Å². The molecule has 0 atom stereocenters. The van der Waals surface area contributed by atoms with Gasteiger partial charge in [0.1, 0.15) is 5.82 Å². The first-order valence-electron chi connectivity index (χ1n) is 14.5. The lowest BCUT2D eigenvalue weighted by Crippen LogP contribution is -2.15. The van der Waals surface area contributed by atoms with Crippen LogP contribution in [0.15, 0.2) is 85.1 Å². The molecule has 0 spiro atoms. The number of hydrogen-bond acceptors (Lipinski definition) is 3. The molecular formula is C36H38N4. The van der Waals surface area contributed by atoms with Gasteiger partial charge in [0.25, 0.3) is 0 Å². The SMILES string of the molecule is CC(C)Cc1cccc(CC(C)C)c1-c1nnc(-c2ccc3c(c2)C(C)(C)c2ccccc2-3)n1-c1ccccn1. The Kier molecular flexibility index (Phi) is 6.66. The van der Waals surface area contributed by atoms with E-state index in [0.717, 1.165) is 35.9 Å². The number of hydrogen-bond donors (Lipinski definition) is 0. The van der Waals surface area contributed by atoms with Gasteiger partial charge in [-0.15, -0.1) is 10.2 Å². The van der Waals surface area contributed by atoms with Gasteiger partial charge < -0.3 is 0 Å². The Bertz CT molecular complexity index is 1650. The molecule has 0 N–H and O–H groups in total. The van der Waals surface area contributed by atoms with Gasteiger partial charge in [0.15, 0.2) is 11.6 Å². The van der Waals surface area contributed by atoms with Crippen molar-refractivity contribution < 1.29 is 0 Å². The summed E-state index contributed by atoms with van der Waals surface area (Å²) < 4.78 is 2.17. The zero-order chi connectivity index (χ0) is 28.0. The molecule has 4 heteroatoms. The third-order valence-electron chi connectivity index (χ3n) is 8.10. The smallest absolute Gasteiger partial charge is 0.170 e. The highest BCUT2D eigenvalue weighted by atomic mass is 15.3. The second kappa shape index (κ2) is 10.2. The quantitative estimate of drug-likeness (QED) is 0.213. The summed E-state index contributed by atoms with van der Waals surface area (Å²) in [6, 6.07) is 28.3. The van der Waals surface area contributed by atoms with Crippen LogP contribution in [0, 0.1) is 11.8 Å². The van der Waals surface area contributed by atoms with E-state index in [4.69, 9.17) is 15.2 Å². The van der Waals surface area contributed by atoms with E-state index in [0.29, 0.717) is 11.8 Å². The average molecular weight is 527 g/mol. The van der Waals surface area contributed by atoms with Crippen molar-refractivity contribution in [1.29, 1.82) is 0 Å². The van der Waals surface area contributed by atoms with Gasteiger partial charge in [-0.05, 0) is 76.3 Å². The van der Waals surface area contributed by atoms with Crippen LogP contribution in [0.1, 0.15) is 63.8 Å². The maximum Gasteiger partial charge on any atom is 0.170 e. The molecular weight excluding hydrogens is 488 g/mol. The molecule has 2 heterocycles. The molecule has 5 aromatic rings. The fourth-order valence-corrected chi connectivity index (χ4v) is 6.34. The lowest BCUT2D eigenvalue weighted by atomic mass is 9.82. The molecule has 40 heavy (non-hydrogen) atoms. The number of aromatic nitrogens is 4. The van der Waals surface area contributed by atoms with Crippen LogP contribution in [0.3, 0.4) is 0 Å². The summed E-state index contributed by atoms with van der Waals surface area (Å²) >= 11 is 0. The highest BCUT2D eigenvalue weighted by Crippen LogP contribution is 2.49. The zero-order valence-corrected chi connectivity index (χ0v) is 24.4. The normalized spacial score (nSPS) is 13.6. The van der Waals surface area contributed by atoms with Gasteiger partial charge >= 0.3 is 0 Å². The Labute approximate surface area is 238 Å². The van der Waals surface area contributed by atoms with E-state index in [1.54, 1.807) is 0 Å². The number of fused-ring (bicyclic) bond motifs is 3. The largest absolute Gasteiger partial charge is 0.258 e. The predicted octanol–water partition coefficient (Wildman–Crippen LogP) is 8.70. The molecule has 1 aliphatic carbocycles. The van der Waals surface area contributed by atoms with Crippen LogP contribution in [0.2, 0.25) is 0 Å². The first-order valence-corrected chi connectivity index (χ1v) is 14.5. The third-order valence-corrected chi connectivity index (χ3v) is 8.10. The summed E-state index contributed by atoms with van der Waals surface area (Å²) in [5.74, 6) is 3.57. The molecule has 4 nitrogen and oxygen atoms in total. The van der Waals surface area contributed by atoms with Gasteiger partial charge in [-0.1, -0.05) is 102 Å². The molecule has 202 valence electrons. The molecule has 6 rings (SSSR count). The molecule has 0 saturated carbocycles. The second-order valence-corrected chi connectivity index (χ2v) is 12.4. The van der Waals surface area contributed by atoms with Crippen LogP contribution >= 0.6 is 0 Å². The van der Waals surface area contributed by atoms with Crippen LogP contribution in [0.4, 0.5) is 0 Å². The molecule has 3 aromatic carbocycles. The Morgan fingerprint density at radius 2 is 1.32 bits per heavy atom. The first kappa shape index (κ1) is 26.2. The van der Waals surface area contributed by atoms with Gasteiger partial charge in [0.2, 0.25) is 0 Å². The Morgan fingerprint density at radius 1 is 0.675 bits per heavy atom. The van der Waals surface area contributed by atoms with Crippen molar-refractivity contribution in [2.75, 3.05) is 0 Å². The van der Waals surface area contributed by atoms with Crippen molar-refractivity contribution in [3.63, 3.8) is 0 Å². The van der Waals surface area contributed by atoms with E-state index in [1.165, 1.54) is 38.9 Å². The molecule has 0 unspecified atom stereocenters. The molecule has 0 fully saturated rings. The molecule has 0 bridgehead atoms. The summed E-state index contributed by atoms with van der Waals surface area (Å²) in [5, 5.41) is 9.79. The van der Waals surface area contributed by atoms with Gasteiger partial charge in [-0.3, -0.25) is 4.57 Å². The molecule has 0 radical (unpaired) electrons. The highest BCUT2D eigenvalue weighted by Gasteiger charge is 2.35. The molecule has 2 aromatic heterocycles. The van der Waals surface area contributed by atoms with E-state index >= 15 is 0 Å². The number of nitrogens with zero attached hydrogens (tertiary/aromatic N) is 4. The predicted molar refractivity (Wildman–Crippen MR) is 165 cm³/mol. The van der Waals surface area contributed by atoms with E-state index in [1.807, 2.05) is 18.3 Å². The zero-order valence-electron chi connectivity index (χ0n) is 24.4. The van der Waals surface area contributed by atoms with Gasteiger partial charge in [0, 0.05) is 22.7 Å². The Balaban J connectivity index is 1.59. The molecule has 0 aliphatic heterocycles. The summed E-state index contributed by atoms with van der Waals surface area (Å²) in [5.41, 5.74) is 10.1. The Morgan fingerprint density at radius 3 is 2.00 bits per heavy atom. The number of benzene rings is 3. The summed E-state index contributed by atoms with van der Waals surface area (Å²) in [7, 11) is 0. The maximum absolute atomic E-state index is 4.92. The Hall–Kier alpha value is -4.05. The molecule has 0 amide bonds. The fourth-order valence-electron chi connectivity index (χ4n) is 6.34. The van der Waals surface area contributed by atoms with E-state index in [9.17, 15) is 0 Å². The van der Waals surface area contributed by atoms with Crippen LogP contribution in [-0.4, -0.2) is 19.7 Å². The number of pyridine rings is 1. The summed E-state index contributed by atoms with van der Waals surface area (Å²) in [6.45, 7) is 13.7. The highest BCUT2D eigenvalue weighted by molar-refractivity contribution is 5.83. The van der Waals surface area contributed by atoms with E-state index < -0.39 is 0 Å². The van der Waals surface area contributed by atoms with E-state index in [2.05, 4.69) is 113 Å². The van der Waals surface area contributed by atoms with Crippen molar-refractivity contribution in [3.8, 4) is 39.7 Å². The lowest BCUT2D eigenvalue weighted by molar-refractivity contribution is 0.637. The first-order chi connectivity index (χ1) is 19.3.